The molecular weight excluding hydrogens is 290 g/mol. The summed E-state index contributed by atoms with van der Waals surface area (Å²) in [6.07, 6.45) is 2.64. The lowest BCUT2D eigenvalue weighted by Crippen LogP contribution is -2.49. The van der Waals surface area contributed by atoms with E-state index >= 15 is 0 Å². The lowest BCUT2D eigenvalue weighted by atomic mass is 10.0. The molecule has 1 heterocycles. The maximum absolute atomic E-state index is 12.6. The molecule has 1 aromatic rings. The van der Waals surface area contributed by atoms with E-state index in [1.807, 2.05) is 13.0 Å². The Morgan fingerprint density at radius 1 is 1.43 bits per heavy atom. The minimum Gasteiger partial charge on any atom is -0.398 e. The highest BCUT2D eigenvalue weighted by atomic mass is 32.2. The number of carbonyl (C=O) groups is 1. The Balaban J connectivity index is 2.14. The SMILES string of the molecule is Cc1ccc(N)c(C(=O)N2CCCC(NS(C)(=O)=O)C2)c1. The third-order valence-corrected chi connectivity index (χ3v) is 4.29. The molecule has 21 heavy (non-hydrogen) atoms. The molecule has 0 aliphatic carbocycles. The summed E-state index contributed by atoms with van der Waals surface area (Å²) in [6, 6.07) is 5.11. The molecular formula is C14H21N3O3S. The van der Waals surface area contributed by atoms with E-state index in [1.165, 1.54) is 0 Å². The maximum atomic E-state index is 12.6. The van der Waals surface area contributed by atoms with Crippen molar-refractivity contribution in [3.05, 3.63) is 29.3 Å². The van der Waals surface area contributed by atoms with Crippen molar-refractivity contribution in [2.24, 2.45) is 0 Å². The van der Waals surface area contributed by atoms with Crippen molar-refractivity contribution in [1.82, 2.24) is 9.62 Å². The summed E-state index contributed by atoms with van der Waals surface area (Å²) >= 11 is 0. The Hall–Kier alpha value is -1.60. The zero-order valence-corrected chi connectivity index (χ0v) is 13.1. The van der Waals surface area contributed by atoms with E-state index in [4.69, 9.17) is 5.73 Å². The molecule has 1 atom stereocenters. The molecule has 1 unspecified atom stereocenters. The Kier molecular flexibility index (Phi) is 4.53. The standard InChI is InChI=1S/C14H21N3O3S/c1-10-5-6-13(15)12(8-10)14(18)17-7-3-4-11(9-17)16-21(2,19)20/h5-6,8,11,16H,3-4,7,9,15H2,1-2H3. The summed E-state index contributed by atoms with van der Waals surface area (Å²) in [5.41, 5.74) is 7.77. The van der Waals surface area contributed by atoms with Crippen LogP contribution in [0.25, 0.3) is 0 Å². The van der Waals surface area contributed by atoms with Crippen molar-refractivity contribution in [2.75, 3.05) is 25.1 Å². The number of rotatable bonds is 3. The number of sulfonamides is 1. The van der Waals surface area contributed by atoms with Crippen molar-refractivity contribution in [2.45, 2.75) is 25.8 Å². The van der Waals surface area contributed by atoms with Crippen molar-refractivity contribution in [3.8, 4) is 0 Å². The van der Waals surface area contributed by atoms with Crippen molar-refractivity contribution < 1.29 is 13.2 Å². The van der Waals surface area contributed by atoms with E-state index in [-0.39, 0.29) is 11.9 Å². The fraction of sp³-hybridized carbons (Fsp3) is 0.500. The quantitative estimate of drug-likeness (QED) is 0.805. The second-order valence-corrected chi connectivity index (χ2v) is 7.35. The Bertz CT molecular complexity index is 643. The summed E-state index contributed by atoms with van der Waals surface area (Å²) in [7, 11) is -3.27. The molecule has 1 saturated heterocycles. The van der Waals surface area contributed by atoms with Gasteiger partial charge in [-0.15, -0.1) is 0 Å². The number of anilines is 1. The van der Waals surface area contributed by atoms with Crippen LogP contribution in [0.2, 0.25) is 0 Å². The molecule has 0 saturated carbocycles. The number of piperidine rings is 1. The van der Waals surface area contributed by atoms with Gasteiger partial charge in [0, 0.05) is 24.8 Å². The smallest absolute Gasteiger partial charge is 0.256 e. The fourth-order valence-corrected chi connectivity index (χ4v) is 3.38. The molecule has 1 amide bonds. The molecule has 1 aliphatic rings. The van der Waals surface area contributed by atoms with Crippen LogP contribution in [0.15, 0.2) is 18.2 Å². The molecule has 6 nitrogen and oxygen atoms in total. The number of aryl methyl sites for hydroxylation is 1. The summed E-state index contributed by atoms with van der Waals surface area (Å²) in [4.78, 5) is 14.2. The summed E-state index contributed by atoms with van der Waals surface area (Å²) < 4.78 is 25.2. The van der Waals surface area contributed by atoms with Crippen molar-refractivity contribution in [1.29, 1.82) is 0 Å². The Labute approximate surface area is 125 Å². The average molecular weight is 311 g/mol. The van der Waals surface area contributed by atoms with Crippen LogP contribution in [0.1, 0.15) is 28.8 Å². The lowest BCUT2D eigenvalue weighted by molar-refractivity contribution is 0.0704. The van der Waals surface area contributed by atoms with Crippen LogP contribution in [0.4, 0.5) is 5.69 Å². The highest BCUT2D eigenvalue weighted by Crippen LogP contribution is 2.19. The van der Waals surface area contributed by atoms with Crippen LogP contribution in [0.5, 0.6) is 0 Å². The van der Waals surface area contributed by atoms with Crippen LogP contribution in [0.3, 0.4) is 0 Å². The predicted molar refractivity (Wildman–Crippen MR) is 82.5 cm³/mol. The average Bonchev–Trinajstić information content (AvgIpc) is 2.39. The number of benzene rings is 1. The highest BCUT2D eigenvalue weighted by molar-refractivity contribution is 7.88. The van der Waals surface area contributed by atoms with E-state index in [1.54, 1.807) is 17.0 Å². The van der Waals surface area contributed by atoms with Crippen LogP contribution in [-0.4, -0.2) is 44.6 Å². The summed E-state index contributed by atoms with van der Waals surface area (Å²) in [6.45, 7) is 2.90. The number of likely N-dealkylation sites (tertiary alicyclic amines) is 1. The van der Waals surface area contributed by atoms with E-state index in [2.05, 4.69) is 4.72 Å². The molecule has 116 valence electrons. The van der Waals surface area contributed by atoms with Crippen molar-refractivity contribution >= 4 is 21.6 Å². The van der Waals surface area contributed by atoms with E-state index in [9.17, 15) is 13.2 Å². The first-order valence-electron chi connectivity index (χ1n) is 6.89. The van der Waals surface area contributed by atoms with E-state index < -0.39 is 10.0 Å². The van der Waals surface area contributed by atoms with Gasteiger partial charge in [0.1, 0.15) is 0 Å². The second kappa shape index (κ2) is 6.03. The van der Waals surface area contributed by atoms with Crippen LogP contribution in [-0.2, 0) is 10.0 Å². The number of nitrogens with two attached hydrogens (primary N) is 1. The number of hydrogen-bond acceptors (Lipinski definition) is 4. The van der Waals surface area contributed by atoms with Crippen LogP contribution in [0, 0.1) is 6.92 Å². The minimum atomic E-state index is -3.27. The number of hydrogen-bond donors (Lipinski definition) is 2. The normalized spacial score (nSPS) is 19.5. The summed E-state index contributed by atoms with van der Waals surface area (Å²) in [5, 5.41) is 0. The zero-order valence-electron chi connectivity index (χ0n) is 12.3. The van der Waals surface area contributed by atoms with Gasteiger partial charge in [0.2, 0.25) is 10.0 Å². The van der Waals surface area contributed by atoms with Gasteiger partial charge in [0.15, 0.2) is 0 Å². The molecule has 0 spiro atoms. The fourth-order valence-electron chi connectivity index (χ4n) is 2.59. The molecule has 0 bridgehead atoms. The predicted octanol–water partition coefficient (Wildman–Crippen LogP) is 0.731. The number of nitrogens with one attached hydrogen (secondary N) is 1. The molecule has 0 radical (unpaired) electrons. The Morgan fingerprint density at radius 2 is 2.14 bits per heavy atom. The number of nitrogens with zero attached hydrogens (tertiary/aromatic N) is 1. The van der Waals surface area contributed by atoms with Gasteiger partial charge in [-0.05, 0) is 31.9 Å². The second-order valence-electron chi connectivity index (χ2n) is 5.57. The molecule has 3 N–H and O–H groups in total. The largest absolute Gasteiger partial charge is 0.398 e. The highest BCUT2D eigenvalue weighted by Gasteiger charge is 2.27. The first-order valence-corrected chi connectivity index (χ1v) is 8.78. The molecule has 2 rings (SSSR count). The van der Waals surface area contributed by atoms with E-state index in [0.29, 0.717) is 24.3 Å². The maximum Gasteiger partial charge on any atom is 0.256 e. The van der Waals surface area contributed by atoms with E-state index in [0.717, 1.165) is 24.7 Å². The molecule has 1 aromatic carbocycles. The first kappa shape index (κ1) is 15.8. The third-order valence-electron chi connectivity index (χ3n) is 3.53. The van der Waals surface area contributed by atoms with Gasteiger partial charge in [-0.25, -0.2) is 13.1 Å². The molecule has 1 aliphatic heterocycles. The third kappa shape index (κ3) is 4.18. The van der Waals surface area contributed by atoms with Gasteiger partial charge in [-0.1, -0.05) is 11.6 Å². The Morgan fingerprint density at radius 3 is 2.81 bits per heavy atom. The summed E-state index contributed by atoms with van der Waals surface area (Å²) in [5.74, 6) is -0.142. The van der Waals surface area contributed by atoms with Gasteiger partial charge >= 0.3 is 0 Å². The minimum absolute atomic E-state index is 0.142. The van der Waals surface area contributed by atoms with Gasteiger partial charge in [0.05, 0.1) is 11.8 Å². The van der Waals surface area contributed by atoms with Gasteiger partial charge in [-0.2, -0.15) is 0 Å². The van der Waals surface area contributed by atoms with Gasteiger partial charge < -0.3 is 10.6 Å². The number of nitrogen functional groups attached to an aromatic ring is 1. The molecule has 1 fully saturated rings. The van der Waals surface area contributed by atoms with Gasteiger partial charge in [-0.3, -0.25) is 4.79 Å². The number of carbonyl (C=O) groups excluding carboxylic acids is 1. The number of amides is 1. The molecule has 0 aromatic heterocycles. The first-order chi connectivity index (χ1) is 9.76. The monoisotopic (exact) mass is 311 g/mol. The van der Waals surface area contributed by atoms with Gasteiger partial charge in [0.25, 0.3) is 5.91 Å². The van der Waals surface area contributed by atoms with Crippen molar-refractivity contribution in [3.63, 3.8) is 0 Å². The molecule has 7 heteroatoms. The zero-order chi connectivity index (χ0) is 15.6. The van der Waals surface area contributed by atoms with Crippen LogP contribution < -0.4 is 10.5 Å². The lowest BCUT2D eigenvalue weighted by Gasteiger charge is -2.33. The van der Waals surface area contributed by atoms with Crippen LogP contribution >= 0.6 is 0 Å². The topological polar surface area (TPSA) is 92.5 Å².